The van der Waals surface area contributed by atoms with E-state index in [0.717, 1.165) is 5.56 Å². The van der Waals surface area contributed by atoms with Crippen molar-refractivity contribution in [3.63, 3.8) is 0 Å². The highest BCUT2D eigenvalue weighted by molar-refractivity contribution is 14.1. The molecule has 1 N–H and O–H groups in total. The molecule has 0 aliphatic carbocycles. The molecule has 3 heteroatoms. The maximum Gasteiger partial charge on any atom is 0.222 e. The summed E-state index contributed by atoms with van der Waals surface area (Å²) in [6.45, 7) is 1.80. The van der Waals surface area contributed by atoms with Crippen molar-refractivity contribution in [1.82, 2.24) is 0 Å². The SMILES string of the molecule is Cc1cc(O)ccc1C(=O)I. The Morgan fingerprint density at radius 1 is 1.55 bits per heavy atom. The minimum absolute atomic E-state index is 0.0000926. The van der Waals surface area contributed by atoms with Crippen LogP contribution in [-0.2, 0) is 0 Å². The predicted molar refractivity (Wildman–Crippen MR) is 51.2 cm³/mol. The van der Waals surface area contributed by atoms with Gasteiger partial charge in [-0.1, -0.05) is 0 Å². The third-order valence-corrected chi connectivity index (χ3v) is 2.00. The van der Waals surface area contributed by atoms with Crippen molar-refractivity contribution in [3.05, 3.63) is 29.3 Å². The number of halogens is 1. The first-order valence-corrected chi connectivity index (χ1v) is 4.18. The second-order valence-corrected chi connectivity index (χ2v) is 3.25. The summed E-state index contributed by atoms with van der Waals surface area (Å²) >= 11 is 1.73. The van der Waals surface area contributed by atoms with Gasteiger partial charge in [-0.05, 0) is 30.7 Å². The number of carbonyl (C=O) groups excluding carboxylic acids is 1. The molecule has 0 aromatic heterocycles. The fraction of sp³-hybridized carbons (Fsp3) is 0.125. The number of benzene rings is 1. The molecule has 0 atom stereocenters. The highest BCUT2D eigenvalue weighted by Crippen LogP contribution is 2.17. The molecule has 1 rings (SSSR count). The van der Waals surface area contributed by atoms with Gasteiger partial charge in [0.05, 0.1) is 0 Å². The Morgan fingerprint density at radius 2 is 2.18 bits per heavy atom. The minimum Gasteiger partial charge on any atom is -0.508 e. The molecule has 0 fully saturated rings. The van der Waals surface area contributed by atoms with Crippen molar-refractivity contribution in [2.75, 3.05) is 0 Å². The van der Waals surface area contributed by atoms with E-state index in [4.69, 9.17) is 5.11 Å². The lowest BCUT2D eigenvalue weighted by Gasteiger charge is -1.99. The first kappa shape index (κ1) is 8.52. The molecule has 1 aromatic carbocycles. The molecule has 0 heterocycles. The molecule has 2 nitrogen and oxygen atoms in total. The van der Waals surface area contributed by atoms with Crippen LogP contribution >= 0.6 is 22.6 Å². The highest BCUT2D eigenvalue weighted by Gasteiger charge is 2.04. The van der Waals surface area contributed by atoms with Gasteiger partial charge in [0.2, 0.25) is 3.79 Å². The number of hydrogen-bond acceptors (Lipinski definition) is 2. The van der Waals surface area contributed by atoms with E-state index in [1.165, 1.54) is 6.07 Å². The summed E-state index contributed by atoms with van der Waals surface area (Å²) in [6.07, 6.45) is 0. The fourth-order valence-electron chi connectivity index (χ4n) is 0.868. The monoisotopic (exact) mass is 262 g/mol. The first-order chi connectivity index (χ1) is 5.11. The van der Waals surface area contributed by atoms with E-state index in [-0.39, 0.29) is 9.54 Å². The molecular weight excluding hydrogens is 255 g/mol. The van der Waals surface area contributed by atoms with Crippen LogP contribution in [0.4, 0.5) is 0 Å². The number of aromatic hydroxyl groups is 1. The van der Waals surface area contributed by atoms with E-state index >= 15 is 0 Å². The molecule has 11 heavy (non-hydrogen) atoms. The summed E-state index contributed by atoms with van der Waals surface area (Å²) in [5.41, 5.74) is 1.47. The van der Waals surface area contributed by atoms with Crippen molar-refractivity contribution in [2.45, 2.75) is 6.92 Å². The smallest absolute Gasteiger partial charge is 0.222 e. The van der Waals surface area contributed by atoms with Gasteiger partial charge in [-0.15, -0.1) is 0 Å². The molecule has 1 aromatic rings. The van der Waals surface area contributed by atoms with E-state index in [0.29, 0.717) is 5.56 Å². The summed E-state index contributed by atoms with van der Waals surface area (Å²) in [5.74, 6) is 0.198. The maximum absolute atomic E-state index is 10.9. The van der Waals surface area contributed by atoms with Crippen LogP contribution < -0.4 is 0 Å². The van der Waals surface area contributed by atoms with Gasteiger partial charge in [0.15, 0.2) is 0 Å². The number of rotatable bonds is 1. The Kier molecular flexibility index (Phi) is 2.49. The average Bonchev–Trinajstić information content (AvgIpc) is 1.85. The van der Waals surface area contributed by atoms with E-state index < -0.39 is 0 Å². The van der Waals surface area contributed by atoms with Gasteiger partial charge in [-0.2, -0.15) is 0 Å². The quantitative estimate of drug-likeness (QED) is 0.622. The van der Waals surface area contributed by atoms with Crippen LogP contribution in [0.15, 0.2) is 18.2 Å². The summed E-state index contributed by atoms with van der Waals surface area (Å²) in [4.78, 5) is 10.9. The Labute approximate surface area is 78.4 Å². The predicted octanol–water partition coefficient (Wildman–Crippen LogP) is 2.28. The summed E-state index contributed by atoms with van der Waals surface area (Å²) in [5, 5.41) is 9.01. The number of hydrogen-bond donors (Lipinski definition) is 1. The topological polar surface area (TPSA) is 37.3 Å². The number of phenolic OH excluding ortho intramolecular Hbond substituents is 1. The second-order valence-electron chi connectivity index (χ2n) is 2.27. The van der Waals surface area contributed by atoms with Crippen molar-refractivity contribution >= 4 is 26.4 Å². The van der Waals surface area contributed by atoms with Gasteiger partial charge in [0, 0.05) is 28.2 Å². The van der Waals surface area contributed by atoms with E-state index in [9.17, 15) is 4.79 Å². The molecule has 0 amide bonds. The van der Waals surface area contributed by atoms with Crippen molar-refractivity contribution in [2.24, 2.45) is 0 Å². The normalized spacial score (nSPS) is 9.64. The van der Waals surface area contributed by atoms with Crippen LogP contribution in [0.25, 0.3) is 0 Å². The van der Waals surface area contributed by atoms with Gasteiger partial charge in [0.25, 0.3) is 0 Å². The fourth-order valence-corrected chi connectivity index (χ4v) is 1.47. The van der Waals surface area contributed by atoms with Gasteiger partial charge in [-0.25, -0.2) is 0 Å². The van der Waals surface area contributed by atoms with Crippen molar-refractivity contribution < 1.29 is 9.90 Å². The van der Waals surface area contributed by atoms with Crippen molar-refractivity contribution in [1.29, 1.82) is 0 Å². The Bertz CT molecular complexity index is 294. The van der Waals surface area contributed by atoms with Gasteiger partial charge >= 0.3 is 0 Å². The third kappa shape index (κ3) is 1.92. The molecular formula is C8H7IO2. The maximum atomic E-state index is 10.9. The minimum atomic E-state index is 0.0000926. The zero-order chi connectivity index (χ0) is 8.43. The average molecular weight is 262 g/mol. The molecule has 0 saturated carbocycles. The van der Waals surface area contributed by atoms with Crippen LogP contribution in [0.5, 0.6) is 5.75 Å². The first-order valence-electron chi connectivity index (χ1n) is 3.10. The Hall–Kier alpha value is -0.580. The summed E-state index contributed by atoms with van der Waals surface area (Å²) < 4.78 is 0.0000926. The van der Waals surface area contributed by atoms with Gasteiger partial charge in [0.1, 0.15) is 5.75 Å². The van der Waals surface area contributed by atoms with Crippen molar-refractivity contribution in [3.8, 4) is 5.75 Å². The summed E-state index contributed by atoms with van der Waals surface area (Å²) in [6, 6.07) is 4.71. The van der Waals surface area contributed by atoms with Crippen LogP contribution in [-0.4, -0.2) is 8.90 Å². The largest absolute Gasteiger partial charge is 0.508 e. The molecule has 0 bridgehead atoms. The lowest BCUT2D eigenvalue weighted by Crippen LogP contribution is -1.90. The van der Waals surface area contributed by atoms with Crippen LogP contribution in [0.1, 0.15) is 15.9 Å². The molecule has 0 spiro atoms. The molecule has 0 aliphatic heterocycles. The zero-order valence-electron chi connectivity index (χ0n) is 5.97. The summed E-state index contributed by atoms with van der Waals surface area (Å²) in [7, 11) is 0. The lowest BCUT2D eigenvalue weighted by molar-refractivity contribution is 0.110. The Balaban J connectivity index is 3.20. The van der Waals surface area contributed by atoms with Crippen LogP contribution in [0, 0.1) is 6.92 Å². The van der Waals surface area contributed by atoms with E-state index in [2.05, 4.69) is 0 Å². The molecule has 0 aliphatic rings. The number of aryl methyl sites for hydroxylation is 1. The van der Waals surface area contributed by atoms with Crippen LogP contribution in [0.3, 0.4) is 0 Å². The van der Waals surface area contributed by atoms with Gasteiger partial charge < -0.3 is 5.11 Å². The number of phenols is 1. The van der Waals surface area contributed by atoms with E-state index in [1.54, 1.807) is 41.6 Å². The highest BCUT2D eigenvalue weighted by atomic mass is 127. The standard InChI is InChI=1S/C8H7IO2/c1-5-4-6(10)2-3-7(5)8(9)11/h2-4,10H,1H3. The lowest BCUT2D eigenvalue weighted by atomic mass is 10.1. The van der Waals surface area contributed by atoms with E-state index in [1.807, 2.05) is 0 Å². The second kappa shape index (κ2) is 3.21. The Morgan fingerprint density at radius 3 is 2.64 bits per heavy atom. The molecule has 58 valence electrons. The zero-order valence-corrected chi connectivity index (χ0v) is 8.12. The van der Waals surface area contributed by atoms with Gasteiger partial charge in [-0.3, -0.25) is 4.79 Å². The molecule has 0 radical (unpaired) electrons. The number of carbonyl (C=O) groups is 1. The molecule has 0 unspecified atom stereocenters. The third-order valence-electron chi connectivity index (χ3n) is 1.42. The molecule has 0 saturated heterocycles. The van der Waals surface area contributed by atoms with Crippen LogP contribution in [0.2, 0.25) is 0 Å².